The molecule has 0 bridgehead atoms. The summed E-state index contributed by atoms with van der Waals surface area (Å²) in [6.45, 7) is 0.309. The van der Waals surface area contributed by atoms with Crippen LogP contribution in [0.2, 0.25) is 0 Å². The molecule has 106 valence electrons. The fourth-order valence-corrected chi connectivity index (χ4v) is 3.43. The first kappa shape index (κ1) is 13.7. The maximum atomic E-state index is 11.9. The standard InChI is InChI=1S/C13H9N3O3S2/c17-13(10-5-6-12(21-10)16(18)19)14-7-11-15-8-3-1-2-4-9(8)20-11/h1-6H,7H2,(H,14,17). The summed E-state index contributed by atoms with van der Waals surface area (Å²) >= 11 is 2.38. The molecule has 2 aromatic heterocycles. The highest BCUT2D eigenvalue weighted by Crippen LogP contribution is 2.24. The molecule has 0 atom stereocenters. The van der Waals surface area contributed by atoms with Gasteiger partial charge in [-0.05, 0) is 18.2 Å². The van der Waals surface area contributed by atoms with Gasteiger partial charge in [0.25, 0.3) is 5.91 Å². The average Bonchev–Trinajstić information content (AvgIpc) is 3.11. The molecule has 0 unspecified atom stereocenters. The summed E-state index contributed by atoms with van der Waals surface area (Å²) in [5.74, 6) is -0.327. The summed E-state index contributed by atoms with van der Waals surface area (Å²) in [5, 5.41) is 14.1. The fourth-order valence-electron chi connectivity index (χ4n) is 1.79. The van der Waals surface area contributed by atoms with Gasteiger partial charge in [0.1, 0.15) is 5.01 Å². The lowest BCUT2D eigenvalue weighted by atomic mass is 10.3. The molecule has 21 heavy (non-hydrogen) atoms. The Balaban J connectivity index is 1.68. The summed E-state index contributed by atoms with van der Waals surface area (Å²) in [5.41, 5.74) is 0.901. The lowest BCUT2D eigenvalue weighted by Crippen LogP contribution is -2.21. The summed E-state index contributed by atoms with van der Waals surface area (Å²) in [6.07, 6.45) is 0. The molecule has 1 aromatic carbocycles. The third kappa shape index (κ3) is 2.91. The fraction of sp³-hybridized carbons (Fsp3) is 0.0769. The van der Waals surface area contributed by atoms with E-state index in [1.165, 1.54) is 23.5 Å². The van der Waals surface area contributed by atoms with Gasteiger partial charge in [0.05, 0.1) is 26.6 Å². The number of benzene rings is 1. The van der Waals surface area contributed by atoms with Crippen LogP contribution in [0.5, 0.6) is 0 Å². The molecular formula is C13H9N3O3S2. The van der Waals surface area contributed by atoms with E-state index in [9.17, 15) is 14.9 Å². The Morgan fingerprint density at radius 2 is 2.05 bits per heavy atom. The summed E-state index contributed by atoms with van der Waals surface area (Å²) in [6, 6.07) is 10.5. The Bertz CT molecular complexity index is 792. The maximum absolute atomic E-state index is 11.9. The number of thiophene rings is 1. The monoisotopic (exact) mass is 319 g/mol. The second kappa shape index (κ2) is 5.58. The topological polar surface area (TPSA) is 85.1 Å². The van der Waals surface area contributed by atoms with Crippen molar-refractivity contribution >= 4 is 43.8 Å². The number of para-hydroxylation sites is 1. The van der Waals surface area contributed by atoms with Crippen molar-refractivity contribution in [2.45, 2.75) is 6.54 Å². The molecule has 3 rings (SSSR count). The molecule has 3 aromatic rings. The third-order valence-electron chi connectivity index (χ3n) is 2.73. The number of thiazole rings is 1. The Kier molecular flexibility index (Phi) is 3.63. The van der Waals surface area contributed by atoms with Gasteiger partial charge in [-0.15, -0.1) is 11.3 Å². The van der Waals surface area contributed by atoms with Gasteiger partial charge in [0, 0.05) is 6.07 Å². The number of nitrogens with zero attached hydrogens (tertiary/aromatic N) is 2. The number of aromatic nitrogens is 1. The second-order valence-electron chi connectivity index (χ2n) is 4.15. The Morgan fingerprint density at radius 1 is 1.24 bits per heavy atom. The zero-order valence-electron chi connectivity index (χ0n) is 10.6. The molecule has 0 aliphatic heterocycles. The van der Waals surface area contributed by atoms with Crippen molar-refractivity contribution in [1.29, 1.82) is 0 Å². The molecule has 0 radical (unpaired) electrons. The van der Waals surface area contributed by atoms with Gasteiger partial charge < -0.3 is 5.32 Å². The van der Waals surface area contributed by atoms with Crippen molar-refractivity contribution < 1.29 is 9.72 Å². The van der Waals surface area contributed by atoms with E-state index in [4.69, 9.17) is 0 Å². The van der Waals surface area contributed by atoms with Gasteiger partial charge in [0.15, 0.2) is 0 Å². The van der Waals surface area contributed by atoms with Gasteiger partial charge in [-0.2, -0.15) is 0 Å². The maximum Gasteiger partial charge on any atom is 0.324 e. The van der Waals surface area contributed by atoms with Crippen LogP contribution < -0.4 is 5.32 Å². The molecule has 0 fully saturated rings. The summed E-state index contributed by atoms with van der Waals surface area (Å²) in [7, 11) is 0. The van der Waals surface area contributed by atoms with Crippen LogP contribution in [-0.2, 0) is 6.54 Å². The van der Waals surface area contributed by atoms with E-state index in [-0.39, 0.29) is 10.9 Å². The van der Waals surface area contributed by atoms with Crippen molar-refractivity contribution in [2.24, 2.45) is 0 Å². The molecule has 8 heteroatoms. The molecule has 1 N–H and O–H groups in total. The quantitative estimate of drug-likeness (QED) is 0.591. The van der Waals surface area contributed by atoms with E-state index < -0.39 is 4.92 Å². The molecular weight excluding hydrogens is 310 g/mol. The van der Waals surface area contributed by atoms with Crippen LogP contribution in [-0.4, -0.2) is 15.8 Å². The summed E-state index contributed by atoms with van der Waals surface area (Å²) in [4.78, 5) is 26.7. The molecule has 1 amide bonds. The molecule has 0 spiro atoms. The molecule has 0 aliphatic rings. The van der Waals surface area contributed by atoms with Crippen LogP contribution in [0.4, 0.5) is 5.00 Å². The number of hydrogen-bond donors (Lipinski definition) is 1. The second-order valence-corrected chi connectivity index (χ2v) is 6.33. The Labute approximate surface area is 127 Å². The first-order chi connectivity index (χ1) is 10.1. The van der Waals surface area contributed by atoms with Crippen molar-refractivity contribution in [3.05, 3.63) is 56.4 Å². The van der Waals surface area contributed by atoms with Crippen LogP contribution in [0.1, 0.15) is 14.7 Å². The average molecular weight is 319 g/mol. The van der Waals surface area contributed by atoms with Crippen molar-refractivity contribution in [3.8, 4) is 0 Å². The summed E-state index contributed by atoms with van der Waals surface area (Å²) < 4.78 is 1.06. The number of fused-ring (bicyclic) bond motifs is 1. The van der Waals surface area contributed by atoms with E-state index in [1.54, 1.807) is 0 Å². The molecule has 0 saturated heterocycles. The minimum Gasteiger partial charge on any atom is -0.345 e. The van der Waals surface area contributed by atoms with Crippen molar-refractivity contribution in [1.82, 2.24) is 10.3 Å². The highest BCUT2D eigenvalue weighted by Gasteiger charge is 2.15. The van der Waals surface area contributed by atoms with Crippen LogP contribution in [0.25, 0.3) is 10.2 Å². The Hall–Kier alpha value is -2.32. The van der Waals surface area contributed by atoms with E-state index in [0.29, 0.717) is 11.4 Å². The van der Waals surface area contributed by atoms with E-state index >= 15 is 0 Å². The molecule has 0 aliphatic carbocycles. The zero-order valence-corrected chi connectivity index (χ0v) is 12.2. The van der Waals surface area contributed by atoms with Gasteiger partial charge in [-0.25, -0.2) is 4.98 Å². The van der Waals surface area contributed by atoms with E-state index in [0.717, 1.165) is 26.6 Å². The predicted molar refractivity (Wildman–Crippen MR) is 81.8 cm³/mol. The third-order valence-corrected chi connectivity index (χ3v) is 4.81. The first-order valence-electron chi connectivity index (χ1n) is 6.00. The van der Waals surface area contributed by atoms with Crippen molar-refractivity contribution in [2.75, 3.05) is 0 Å². The first-order valence-corrected chi connectivity index (χ1v) is 7.63. The minimum atomic E-state index is -0.505. The van der Waals surface area contributed by atoms with Gasteiger partial charge in [-0.3, -0.25) is 14.9 Å². The number of carbonyl (C=O) groups is 1. The highest BCUT2D eigenvalue weighted by atomic mass is 32.1. The van der Waals surface area contributed by atoms with E-state index in [2.05, 4.69) is 10.3 Å². The van der Waals surface area contributed by atoms with Crippen LogP contribution in [0, 0.1) is 10.1 Å². The highest BCUT2D eigenvalue weighted by molar-refractivity contribution is 7.18. The smallest absolute Gasteiger partial charge is 0.324 e. The van der Waals surface area contributed by atoms with Gasteiger partial charge in [-0.1, -0.05) is 23.5 Å². The molecule has 2 heterocycles. The van der Waals surface area contributed by atoms with Crippen LogP contribution in [0.15, 0.2) is 36.4 Å². The van der Waals surface area contributed by atoms with Crippen LogP contribution >= 0.6 is 22.7 Å². The number of carbonyl (C=O) groups excluding carboxylic acids is 1. The zero-order chi connectivity index (χ0) is 14.8. The SMILES string of the molecule is O=C(NCc1nc2ccccc2s1)c1ccc([N+](=O)[O-])s1. The molecule has 0 saturated carbocycles. The lowest BCUT2D eigenvalue weighted by Gasteiger charge is -1.99. The normalized spacial score (nSPS) is 10.7. The van der Waals surface area contributed by atoms with E-state index in [1.807, 2.05) is 24.3 Å². The van der Waals surface area contributed by atoms with Crippen molar-refractivity contribution in [3.63, 3.8) is 0 Å². The lowest BCUT2D eigenvalue weighted by molar-refractivity contribution is -0.380. The number of rotatable bonds is 4. The number of hydrogen-bond acceptors (Lipinski definition) is 6. The predicted octanol–water partition coefficient (Wildman–Crippen LogP) is 3.20. The number of nitro groups is 1. The van der Waals surface area contributed by atoms with Gasteiger partial charge in [0.2, 0.25) is 0 Å². The number of nitrogens with one attached hydrogen (secondary N) is 1. The number of amides is 1. The molecule has 6 nitrogen and oxygen atoms in total. The minimum absolute atomic E-state index is 0.0415. The van der Waals surface area contributed by atoms with Crippen LogP contribution in [0.3, 0.4) is 0 Å². The largest absolute Gasteiger partial charge is 0.345 e. The Morgan fingerprint density at radius 3 is 2.76 bits per heavy atom. The van der Waals surface area contributed by atoms with Gasteiger partial charge >= 0.3 is 5.00 Å².